The van der Waals surface area contributed by atoms with Crippen LogP contribution in [0.1, 0.15) is 0 Å². The van der Waals surface area contributed by atoms with Crippen molar-refractivity contribution in [3.8, 4) is 12.3 Å². The van der Waals surface area contributed by atoms with Crippen molar-refractivity contribution < 1.29 is 34.2 Å². The van der Waals surface area contributed by atoms with Crippen LogP contribution in [0.2, 0.25) is 0 Å². The van der Waals surface area contributed by atoms with Crippen molar-refractivity contribution in [3.63, 3.8) is 0 Å². The molecule has 0 saturated carbocycles. The van der Waals surface area contributed by atoms with Gasteiger partial charge in [-0.1, -0.05) is 5.92 Å². The molecule has 13 heavy (non-hydrogen) atoms. The number of aliphatic hydroxyl groups excluding tert-OH is 1. The second kappa shape index (κ2) is 4.17. The average Bonchev–Trinajstić information content (AvgIpc) is 1.98. The fourth-order valence-electron chi connectivity index (χ4n) is 0.371. The zero-order valence-corrected chi connectivity index (χ0v) is 7.22. The molecule has 0 aliphatic heterocycles. The average molecular weight is 211 g/mol. The van der Waals surface area contributed by atoms with Gasteiger partial charge in [0.15, 0.2) is 11.9 Å². The maximum atomic E-state index is 10.0. The van der Waals surface area contributed by atoms with Gasteiger partial charge in [-0.15, -0.1) is 6.42 Å². The summed E-state index contributed by atoms with van der Waals surface area (Å²) in [4.78, 5) is 18.1. The number of hydrogen-bond acceptors (Lipinski definition) is 6. The summed E-state index contributed by atoms with van der Waals surface area (Å²) in [5, 5.41) is 26.0. The second-order valence-electron chi connectivity index (χ2n) is 2.18. The van der Waals surface area contributed by atoms with Gasteiger partial charge in [-0.25, -0.2) is 0 Å². The fourth-order valence-corrected chi connectivity index (χ4v) is 0.731. The Labute approximate surface area is 73.8 Å². The molecule has 0 heterocycles. The minimum absolute atomic E-state index is 1.14. The fraction of sp³-hybridized carbons (Fsp3) is 0.600. The molecular weight excluding hydrogens is 203 g/mol. The maximum Gasteiger partial charge on any atom is 0.265 e. The van der Waals surface area contributed by atoms with Gasteiger partial charge in [0.25, 0.3) is 7.82 Å². The van der Waals surface area contributed by atoms with Gasteiger partial charge in [0, 0.05) is 0 Å². The largest absolute Gasteiger partial charge is 0.756 e. The summed E-state index contributed by atoms with van der Waals surface area (Å²) < 4.78 is 13.7. The SMILES string of the molecule is C#C[C@@](O)(COP(=O)([O-])O)C(O)O. The van der Waals surface area contributed by atoms with Crippen LogP contribution in [0.4, 0.5) is 0 Å². The highest BCUT2D eigenvalue weighted by atomic mass is 31.2. The molecule has 2 atom stereocenters. The molecule has 1 unspecified atom stereocenters. The Morgan fingerprint density at radius 2 is 2.15 bits per heavy atom. The van der Waals surface area contributed by atoms with Crippen molar-refractivity contribution in [2.24, 2.45) is 0 Å². The molecule has 8 heteroatoms. The highest BCUT2D eigenvalue weighted by molar-refractivity contribution is 7.44. The van der Waals surface area contributed by atoms with Gasteiger partial charge in [0.1, 0.15) is 6.61 Å². The quantitative estimate of drug-likeness (QED) is 0.223. The highest BCUT2D eigenvalue weighted by Crippen LogP contribution is 2.31. The Kier molecular flexibility index (Phi) is 4.03. The smallest absolute Gasteiger partial charge is 0.265 e. The van der Waals surface area contributed by atoms with E-state index >= 15 is 0 Å². The number of terminal acetylenes is 1. The Morgan fingerprint density at radius 1 is 1.69 bits per heavy atom. The van der Waals surface area contributed by atoms with Crippen LogP contribution in [0.15, 0.2) is 0 Å². The van der Waals surface area contributed by atoms with Gasteiger partial charge < -0.3 is 29.6 Å². The zero-order valence-electron chi connectivity index (χ0n) is 6.32. The number of aliphatic hydroxyl groups is 3. The van der Waals surface area contributed by atoms with E-state index in [-0.39, 0.29) is 0 Å². The van der Waals surface area contributed by atoms with E-state index in [0.29, 0.717) is 0 Å². The Balaban J connectivity index is 4.33. The summed E-state index contributed by atoms with van der Waals surface area (Å²) in [6, 6.07) is 0. The summed E-state index contributed by atoms with van der Waals surface area (Å²) in [5.74, 6) is 1.51. The van der Waals surface area contributed by atoms with Crippen LogP contribution in [0.25, 0.3) is 0 Å². The molecule has 76 valence electrons. The lowest BCUT2D eigenvalue weighted by atomic mass is 10.1. The Bertz CT molecular complexity index is 250. The Morgan fingerprint density at radius 3 is 2.38 bits per heavy atom. The molecule has 0 bridgehead atoms. The lowest BCUT2D eigenvalue weighted by Gasteiger charge is -2.26. The van der Waals surface area contributed by atoms with Crippen LogP contribution >= 0.6 is 7.82 Å². The summed E-state index contributed by atoms with van der Waals surface area (Å²) >= 11 is 0. The van der Waals surface area contributed by atoms with Crippen molar-refractivity contribution in [1.29, 1.82) is 0 Å². The number of phosphoric ester groups is 1. The monoisotopic (exact) mass is 211 g/mol. The summed E-state index contributed by atoms with van der Waals surface area (Å²) in [7, 11) is -5.04. The van der Waals surface area contributed by atoms with Gasteiger partial charge in [0.05, 0.1) is 0 Å². The minimum atomic E-state index is -5.04. The molecule has 0 saturated heterocycles. The predicted molar refractivity (Wildman–Crippen MR) is 37.8 cm³/mol. The first kappa shape index (κ1) is 12.6. The highest BCUT2D eigenvalue weighted by Gasteiger charge is 2.33. The maximum absolute atomic E-state index is 10.0. The molecule has 0 aromatic rings. The van der Waals surface area contributed by atoms with Crippen LogP contribution in [0, 0.1) is 12.3 Å². The van der Waals surface area contributed by atoms with Crippen LogP contribution in [-0.4, -0.2) is 38.7 Å². The minimum Gasteiger partial charge on any atom is -0.756 e. The van der Waals surface area contributed by atoms with E-state index < -0.39 is 26.3 Å². The summed E-state index contributed by atoms with van der Waals surface area (Å²) in [6.45, 7) is -1.14. The lowest BCUT2D eigenvalue weighted by Crippen LogP contribution is -2.45. The predicted octanol–water partition coefficient (Wildman–Crippen LogP) is -2.86. The van der Waals surface area contributed by atoms with Gasteiger partial charge in [-0.05, 0) is 0 Å². The first-order chi connectivity index (χ1) is 5.71. The first-order valence-electron chi connectivity index (χ1n) is 2.96. The van der Waals surface area contributed by atoms with Gasteiger partial charge in [-0.3, -0.25) is 4.57 Å². The standard InChI is InChI=1S/C5H9O7P/c1-2-5(8,4(6)7)3-12-13(9,10)11/h1,4,6-8H,3H2,(H2,9,10,11)/p-1/t5-/m1/s1. The first-order valence-corrected chi connectivity index (χ1v) is 4.45. The molecule has 0 fully saturated rings. The van der Waals surface area contributed by atoms with Crippen LogP contribution < -0.4 is 4.89 Å². The van der Waals surface area contributed by atoms with Crippen molar-refractivity contribution >= 4 is 7.82 Å². The van der Waals surface area contributed by atoms with Gasteiger partial charge in [0.2, 0.25) is 0 Å². The molecule has 4 N–H and O–H groups in total. The van der Waals surface area contributed by atoms with Crippen LogP contribution in [0.3, 0.4) is 0 Å². The van der Waals surface area contributed by atoms with Crippen molar-refractivity contribution in [3.05, 3.63) is 0 Å². The van der Waals surface area contributed by atoms with E-state index in [4.69, 9.17) is 20.2 Å². The van der Waals surface area contributed by atoms with E-state index in [0.717, 1.165) is 0 Å². The third-order valence-corrected chi connectivity index (χ3v) is 1.58. The van der Waals surface area contributed by atoms with Crippen LogP contribution in [0.5, 0.6) is 0 Å². The third kappa shape index (κ3) is 4.36. The normalized spacial score (nSPS) is 20.4. The molecule has 0 radical (unpaired) electrons. The van der Waals surface area contributed by atoms with Crippen molar-refractivity contribution in [1.82, 2.24) is 0 Å². The van der Waals surface area contributed by atoms with E-state index in [1.165, 1.54) is 5.92 Å². The molecule has 7 nitrogen and oxygen atoms in total. The molecule has 0 spiro atoms. The van der Waals surface area contributed by atoms with Crippen LogP contribution in [-0.2, 0) is 9.09 Å². The van der Waals surface area contributed by atoms with Crippen molar-refractivity contribution in [2.75, 3.05) is 6.61 Å². The molecule has 0 aliphatic carbocycles. The molecule has 0 rings (SSSR count). The van der Waals surface area contributed by atoms with E-state index in [9.17, 15) is 9.46 Å². The summed E-state index contributed by atoms with van der Waals surface area (Å²) in [6.07, 6.45) is 2.29. The summed E-state index contributed by atoms with van der Waals surface area (Å²) in [5.41, 5.74) is -2.57. The third-order valence-electron chi connectivity index (χ3n) is 1.12. The molecule has 0 aromatic carbocycles. The Hall–Kier alpha value is -0.450. The topological polar surface area (TPSA) is 130 Å². The number of phosphoric acid groups is 1. The van der Waals surface area contributed by atoms with Gasteiger partial charge >= 0.3 is 0 Å². The molecule has 0 aliphatic rings. The van der Waals surface area contributed by atoms with E-state index in [1.54, 1.807) is 0 Å². The van der Waals surface area contributed by atoms with E-state index in [2.05, 4.69) is 10.9 Å². The molecule has 0 amide bonds. The number of rotatable bonds is 4. The number of hydrogen-bond donors (Lipinski definition) is 4. The van der Waals surface area contributed by atoms with E-state index in [1.807, 2.05) is 0 Å². The second-order valence-corrected chi connectivity index (χ2v) is 3.38. The molecule has 0 aromatic heterocycles. The lowest BCUT2D eigenvalue weighted by molar-refractivity contribution is -0.230. The van der Waals surface area contributed by atoms with Crippen molar-refractivity contribution in [2.45, 2.75) is 11.9 Å². The zero-order chi connectivity index (χ0) is 10.7. The van der Waals surface area contributed by atoms with Gasteiger partial charge in [-0.2, -0.15) is 0 Å². The molecular formula is C5H8O7P-.